The molecule has 1 unspecified atom stereocenters. The van der Waals surface area contributed by atoms with Gasteiger partial charge in [-0.25, -0.2) is 13.1 Å². The van der Waals surface area contributed by atoms with E-state index >= 15 is 0 Å². The van der Waals surface area contributed by atoms with Crippen LogP contribution in [0.25, 0.3) is 0 Å². The summed E-state index contributed by atoms with van der Waals surface area (Å²) < 4.78 is 32.9. The maximum absolute atomic E-state index is 12.0. The highest BCUT2D eigenvalue weighted by atomic mass is 79.9. The molecule has 18 heavy (non-hydrogen) atoms. The highest BCUT2D eigenvalue weighted by Gasteiger charge is 2.18. The number of hydrogen-bond donors (Lipinski definition) is 1. The second-order valence-corrected chi connectivity index (χ2v) is 7.07. The maximum Gasteiger partial charge on any atom is 0.240 e. The van der Waals surface area contributed by atoms with Gasteiger partial charge >= 0.3 is 0 Å². The van der Waals surface area contributed by atoms with Gasteiger partial charge in [0.2, 0.25) is 10.0 Å². The summed E-state index contributed by atoms with van der Waals surface area (Å²) in [6.07, 6.45) is 2.02. The predicted molar refractivity (Wildman–Crippen MR) is 72.9 cm³/mol. The lowest BCUT2D eigenvalue weighted by atomic mass is 10.0. The van der Waals surface area contributed by atoms with E-state index in [1.54, 1.807) is 24.3 Å². The average molecular weight is 334 g/mol. The van der Waals surface area contributed by atoms with Crippen molar-refractivity contribution in [2.75, 3.05) is 19.8 Å². The Morgan fingerprint density at radius 2 is 2.06 bits per heavy atom. The number of sulfonamides is 1. The highest BCUT2D eigenvalue weighted by molar-refractivity contribution is 9.10. The molecule has 0 radical (unpaired) electrons. The standard InChI is InChI=1S/C12H16BrNO3S/c13-11-3-5-12(6-4-11)18(15,16)14-8-10-2-1-7-17-9-10/h3-6,10,14H,1-2,7-9H2. The summed E-state index contributed by atoms with van der Waals surface area (Å²) in [4.78, 5) is 0.294. The van der Waals surface area contributed by atoms with Crippen molar-refractivity contribution < 1.29 is 13.2 Å². The van der Waals surface area contributed by atoms with Crippen molar-refractivity contribution in [1.29, 1.82) is 0 Å². The molecule has 1 N–H and O–H groups in total. The van der Waals surface area contributed by atoms with Gasteiger partial charge < -0.3 is 4.74 Å². The van der Waals surface area contributed by atoms with E-state index in [1.165, 1.54) is 0 Å². The van der Waals surface area contributed by atoms with E-state index in [0.717, 1.165) is 23.9 Å². The second-order valence-electron chi connectivity index (χ2n) is 4.39. The number of hydrogen-bond acceptors (Lipinski definition) is 3. The van der Waals surface area contributed by atoms with Crippen molar-refractivity contribution >= 4 is 26.0 Å². The van der Waals surface area contributed by atoms with Crippen LogP contribution in [0.2, 0.25) is 0 Å². The van der Waals surface area contributed by atoms with Gasteiger partial charge in [0.05, 0.1) is 11.5 Å². The molecular formula is C12H16BrNO3S. The van der Waals surface area contributed by atoms with Crippen LogP contribution < -0.4 is 4.72 Å². The Balaban J connectivity index is 1.96. The minimum atomic E-state index is -3.40. The summed E-state index contributed by atoms with van der Waals surface area (Å²) in [6, 6.07) is 6.62. The molecule has 0 bridgehead atoms. The lowest BCUT2D eigenvalue weighted by Gasteiger charge is -2.22. The molecule has 4 nitrogen and oxygen atoms in total. The van der Waals surface area contributed by atoms with Crippen LogP contribution in [0.15, 0.2) is 33.6 Å². The third-order valence-corrected chi connectivity index (χ3v) is 4.91. The van der Waals surface area contributed by atoms with Crippen LogP contribution in [0.3, 0.4) is 0 Å². The van der Waals surface area contributed by atoms with E-state index in [1.807, 2.05) is 0 Å². The molecule has 1 aromatic rings. The summed E-state index contributed by atoms with van der Waals surface area (Å²) in [6.45, 7) is 1.87. The van der Waals surface area contributed by atoms with E-state index in [-0.39, 0.29) is 5.92 Å². The third-order valence-electron chi connectivity index (χ3n) is 2.94. The molecule has 1 aromatic carbocycles. The van der Waals surface area contributed by atoms with Gasteiger partial charge in [-0.15, -0.1) is 0 Å². The van der Waals surface area contributed by atoms with E-state index in [4.69, 9.17) is 4.74 Å². The smallest absolute Gasteiger partial charge is 0.240 e. The molecule has 0 spiro atoms. The molecule has 1 aliphatic rings. The summed E-state index contributed by atoms with van der Waals surface area (Å²) >= 11 is 3.28. The van der Waals surface area contributed by atoms with Gasteiger partial charge in [0.1, 0.15) is 0 Å². The number of halogens is 1. The minimum Gasteiger partial charge on any atom is -0.381 e. The number of nitrogens with one attached hydrogen (secondary N) is 1. The first-order valence-electron chi connectivity index (χ1n) is 5.91. The lowest BCUT2D eigenvalue weighted by molar-refractivity contribution is 0.0568. The van der Waals surface area contributed by atoms with Crippen molar-refractivity contribution in [2.24, 2.45) is 5.92 Å². The van der Waals surface area contributed by atoms with Crippen molar-refractivity contribution in [3.63, 3.8) is 0 Å². The zero-order valence-electron chi connectivity index (χ0n) is 9.93. The van der Waals surface area contributed by atoms with Crippen LogP contribution in [0.5, 0.6) is 0 Å². The molecule has 1 heterocycles. The lowest BCUT2D eigenvalue weighted by Crippen LogP contribution is -2.33. The van der Waals surface area contributed by atoms with Crippen LogP contribution in [0.4, 0.5) is 0 Å². The Morgan fingerprint density at radius 3 is 2.67 bits per heavy atom. The summed E-state index contributed by atoms with van der Waals surface area (Å²) in [5.74, 6) is 0.281. The third kappa shape index (κ3) is 3.78. The van der Waals surface area contributed by atoms with Crippen molar-refractivity contribution in [1.82, 2.24) is 4.72 Å². The predicted octanol–water partition coefficient (Wildman–Crippen LogP) is 2.15. The SMILES string of the molecule is O=S(=O)(NCC1CCCOC1)c1ccc(Br)cc1. The monoisotopic (exact) mass is 333 g/mol. The number of ether oxygens (including phenoxy) is 1. The van der Waals surface area contributed by atoms with Gasteiger partial charge in [-0.05, 0) is 43.0 Å². The zero-order chi connectivity index (χ0) is 13.0. The van der Waals surface area contributed by atoms with Crippen molar-refractivity contribution in [3.05, 3.63) is 28.7 Å². The quantitative estimate of drug-likeness (QED) is 0.918. The topological polar surface area (TPSA) is 55.4 Å². The van der Waals surface area contributed by atoms with Crippen LogP contribution >= 0.6 is 15.9 Å². The van der Waals surface area contributed by atoms with Crippen LogP contribution in [-0.2, 0) is 14.8 Å². The zero-order valence-corrected chi connectivity index (χ0v) is 12.3. The first-order valence-corrected chi connectivity index (χ1v) is 8.18. The normalized spacial score (nSPS) is 20.8. The largest absolute Gasteiger partial charge is 0.381 e. The average Bonchev–Trinajstić information content (AvgIpc) is 2.38. The molecule has 6 heteroatoms. The van der Waals surface area contributed by atoms with E-state index in [9.17, 15) is 8.42 Å². The van der Waals surface area contributed by atoms with Crippen LogP contribution in [0.1, 0.15) is 12.8 Å². The number of benzene rings is 1. The van der Waals surface area contributed by atoms with Gasteiger partial charge in [0.15, 0.2) is 0 Å². The van der Waals surface area contributed by atoms with E-state index in [0.29, 0.717) is 18.0 Å². The molecule has 100 valence electrons. The first kappa shape index (κ1) is 14.0. The van der Waals surface area contributed by atoms with E-state index in [2.05, 4.69) is 20.7 Å². The molecular weight excluding hydrogens is 318 g/mol. The Kier molecular flexibility index (Phi) is 4.77. The molecule has 1 aliphatic heterocycles. The van der Waals surface area contributed by atoms with Crippen LogP contribution in [-0.4, -0.2) is 28.2 Å². The maximum atomic E-state index is 12.0. The molecule has 0 saturated carbocycles. The summed E-state index contributed by atoms with van der Waals surface area (Å²) in [5.41, 5.74) is 0. The molecule has 1 atom stereocenters. The van der Waals surface area contributed by atoms with Gasteiger partial charge in [0.25, 0.3) is 0 Å². The Hall–Kier alpha value is -0.430. The molecule has 2 rings (SSSR count). The fourth-order valence-electron chi connectivity index (χ4n) is 1.89. The first-order chi connectivity index (χ1) is 8.58. The van der Waals surface area contributed by atoms with Crippen molar-refractivity contribution in [2.45, 2.75) is 17.7 Å². The van der Waals surface area contributed by atoms with Gasteiger partial charge in [0, 0.05) is 17.6 Å². The van der Waals surface area contributed by atoms with E-state index < -0.39 is 10.0 Å². The Labute approximate surface area is 116 Å². The highest BCUT2D eigenvalue weighted by Crippen LogP contribution is 2.16. The Bertz CT molecular complexity index is 481. The number of rotatable bonds is 4. The Morgan fingerprint density at radius 1 is 1.33 bits per heavy atom. The van der Waals surface area contributed by atoms with Crippen LogP contribution in [0, 0.1) is 5.92 Å². The molecule has 1 saturated heterocycles. The molecule has 0 aliphatic carbocycles. The second kappa shape index (κ2) is 6.14. The summed E-state index contributed by atoms with van der Waals surface area (Å²) in [7, 11) is -3.40. The molecule has 0 aromatic heterocycles. The van der Waals surface area contributed by atoms with Gasteiger partial charge in [-0.2, -0.15) is 0 Å². The molecule has 0 amide bonds. The van der Waals surface area contributed by atoms with Gasteiger partial charge in [-0.3, -0.25) is 0 Å². The summed E-state index contributed by atoms with van der Waals surface area (Å²) in [5, 5.41) is 0. The fourth-order valence-corrected chi connectivity index (χ4v) is 3.27. The fraction of sp³-hybridized carbons (Fsp3) is 0.500. The minimum absolute atomic E-state index is 0.281. The van der Waals surface area contributed by atoms with Crippen molar-refractivity contribution in [3.8, 4) is 0 Å². The van der Waals surface area contributed by atoms with Gasteiger partial charge in [-0.1, -0.05) is 15.9 Å². The molecule has 1 fully saturated rings.